The molecule has 1 atom stereocenters. The lowest BCUT2D eigenvalue weighted by molar-refractivity contribution is -0.140. The maximum atomic E-state index is 13.0. The van der Waals surface area contributed by atoms with Crippen LogP contribution in [0.3, 0.4) is 0 Å². The number of carbonyl (C=O) groups is 2. The van der Waals surface area contributed by atoms with Gasteiger partial charge in [-0.3, -0.25) is 14.9 Å². The zero-order valence-electron chi connectivity index (χ0n) is 13.0. The molecule has 2 fully saturated rings. The number of para-hydroxylation sites is 1. The lowest BCUT2D eigenvalue weighted by atomic mass is 9.96. The van der Waals surface area contributed by atoms with Crippen LogP contribution in [0.5, 0.6) is 0 Å². The molecule has 1 saturated carbocycles. The standard InChI is InChI=1S/C17H21N3O2/c1-3-20-15(22)16(9-4-5-10-16)19-17(20)12-8-6-7-11(2)13(12)18-14(17)21/h6-8,19H,3-5,9-10H2,1-2H3,(H,18,21). The molecule has 3 aliphatic rings. The van der Waals surface area contributed by atoms with Crippen LogP contribution in [0.4, 0.5) is 5.69 Å². The van der Waals surface area contributed by atoms with Gasteiger partial charge in [-0.25, -0.2) is 0 Å². The number of amides is 2. The van der Waals surface area contributed by atoms with Crippen molar-refractivity contribution in [2.75, 3.05) is 11.9 Å². The normalized spacial score (nSPS) is 28.7. The van der Waals surface area contributed by atoms with Gasteiger partial charge in [0.2, 0.25) is 11.6 Å². The number of anilines is 1. The van der Waals surface area contributed by atoms with Crippen molar-refractivity contribution >= 4 is 17.5 Å². The Balaban J connectivity index is 1.92. The van der Waals surface area contributed by atoms with E-state index >= 15 is 0 Å². The fraction of sp³-hybridized carbons (Fsp3) is 0.529. The highest BCUT2D eigenvalue weighted by Gasteiger charge is 2.65. The van der Waals surface area contributed by atoms with Gasteiger partial charge in [0.25, 0.3) is 5.91 Å². The molecule has 5 nitrogen and oxygen atoms in total. The minimum Gasteiger partial charge on any atom is -0.322 e. The molecule has 116 valence electrons. The van der Waals surface area contributed by atoms with E-state index in [4.69, 9.17) is 0 Å². The predicted molar refractivity (Wildman–Crippen MR) is 83.2 cm³/mol. The number of nitrogens with one attached hydrogen (secondary N) is 2. The van der Waals surface area contributed by atoms with Crippen LogP contribution in [0.15, 0.2) is 18.2 Å². The summed E-state index contributed by atoms with van der Waals surface area (Å²) in [4.78, 5) is 27.7. The Morgan fingerprint density at radius 1 is 1.23 bits per heavy atom. The van der Waals surface area contributed by atoms with E-state index in [9.17, 15) is 9.59 Å². The van der Waals surface area contributed by atoms with E-state index in [0.29, 0.717) is 6.54 Å². The van der Waals surface area contributed by atoms with Crippen molar-refractivity contribution < 1.29 is 9.59 Å². The average Bonchev–Trinajstić information content (AvgIpc) is 3.14. The lowest BCUT2D eigenvalue weighted by Gasteiger charge is -2.32. The van der Waals surface area contributed by atoms with Crippen LogP contribution < -0.4 is 10.6 Å². The summed E-state index contributed by atoms with van der Waals surface area (Å²) in [5.41, 5.74) is 1.18. The third-order valence-electron chi connectivity index (χ3n) is 5.48. The highest BCUT2D eigenvalue weighted by Crippen LogP contribution is 2.49. The van der Waals surface area contributed by atoms with Gasteiger partial charge in [0.1, 0.15) is 5.54 Å². The van der Waals surface area contributed by atoms with Crippen LogP contribution in [-0.2, 0) is 15.3 Å². The first-order valence-electron chi connectivity index (χ1n) is 8.08. The van der Waals surface area contributed by atoms with Crippen molar-refractivity contribution in [3.8, 4) is 0 Å². The summed E-state index contributed by atoms with van der Waals surface area (Å²) >= 11 is 0. The van der Waals surface area contributed by atoms with Crippen LogP contribution in [0.25, 0.3) is 0 Å². The molecule has 4 rings (SSSR count). The molecule has 5 heteroatoms. The zero-order valence-corrected chi connectivity index (χ0v) is 13.0. The minimum absolute atomic E-state index is 0.0806. The summed E-state index contributed by atoms with van der Waals surface area (Å²) in [5.74, 6) is -0.0484. The van der Waals surface area contributed by atoms with E-state index in [1.807, 2.05) is 32.0 Å². The predicted octanol–water partition coefficient (Wildman–Crippen LogP) is 1.86. The van der Waals surface area contributed by atoms with Crippen molar-refractivity contribution in [2.24, 2.45) is 0 Å². The van der Waals surface area contributed by atoms with Gasteiger partial charge in [0.05, 0.1) is 5.69 Å². The molecule has 1 aliphatic carbocycles. The zero-order chi connectivity index (χ0) is 15.5. The van der Waals surface area contributed by atoms with Gasteiger partial charge in [-0.1, -0.05) is 31.0 Å². The van der Waals surface area contributed by atoms with Crippen LogP contribution in [-0.4, -0.2) is 28.8 Å². The molecule has 1 saturated heterocycles. The molecule has 0 radical (unpaired) electrons. The number of aryl methyl sites for hydroxylation is 1. The van der Waals surface area contributed by atoms with Crippen LogP contribution in [0.2, 0.25) is 0 Å². The lowest BCUT2D eigenvalue weighted by Crippen LogP contribution is -2.56. The molecule has 1 unspecified atom stereocenters. The van der Waals surface area contributed by atoms with Gasteiger partial charge in [-0.2, -0.15) is 0 Å². The van der Waals surface area contributed by atoms with Crippen LogP contribution in [0, 0.1) is 6.92 Å². The Morgan fingerprint density at radius 2 is 1.95 bits per heavy atom. The van der Waals surface area contributed by atoms with Crippen molar-refractivity contribution in [1.82, 2.24) is 10.2 Å². The minimum atomic E-state index is -1.03. The van der Waals surface area contributed by atoms with E-state index in [2.05, 4.69) is 10.6 Å². The SMILES string of the molecule is CCN1C(=O)C2(CCCC2)NC12C(=O)Nc1c(C)cccc12. The number of benzene rings is 1. The van der Waals surface area contributed by atoms with Crippen molar-refractivity contribution in [3.05, 3.63) is 29.3 Å². The van der Waals surface area contributed by atoms with Gasteiger partial charge in [0.15, 0.2) is 0 Å². The number of hydrogen-bond acceptors (Lipinski definition) is 3. The third kappa shape index (κ3) is 1.42. The smallest absolute Gasteiger partial charge is 0.270 e. The Bertz CT molecular complexity index is 678. The second-order valence-electron chi connectivity index (χ2n) is 6.63. The first-order valence-corrected chi connectivity index (χ1v) is 8.08. The fourth-order valence-electron chi connectivity index (χ4n) is 4.43. The molecule has 2 N–H and O–H groups in total. The molecule has 1 aromatic carbocycles. The number of nitrogens with zero attached hydrogens (tertiary/aromatic N) is 1. The van der Waals surface area contributed by atoms with Gasteiger partial charge in [0, 0.05) is 12.1 Å². The molecular weight excluding hydrogens is 278 g/mol. The van der Waals surface area contributed by atoms with Crippen molar-refractivity contribution in [3.63, 3.8) is 0 Å². The number of hydrogen-bond donors (Lipinski definition) is 2. The molecule has 2 spiro atoms. The maximum Gasteiger partial charge on any atom is 0.270 e. The molecular formula is C17H21N3O2. The van der Waals surface area contributed by atoms with Crippen LogP contribution in [0.1, 0.15) is 43.7 Å². The highest BCUT2D eigenvalue weighted by molar-refractivity contribution is 6.11. The van der Waals surface area contributed by atoms with E-state index in [1.165, 1.54) is 0 Å². The Kier molecular flexibility index (Phi) is 2.70. The van der Waals surface area contributed by atoms with E-state index in [1.54, 1.807) is 4.90 Å². The summed E-state index contributed by atoms with van der Waals surface area (Å²) in [5, 5.41) is 6.48. The van der Waals surface area contributed by atoms with Crippen LogP contribution >= 0.6 is 0 Å². The number of fused-ring (bicyclic) bond motifs is 2. The van der Waals surface area contributed by atoms with Gasteiger partial charge < -0.3 is 10.2 Å². The topological polar surface area (TPSA) is 61.4 Å². The van der Waals surface area contributed by atoms with Gasteiger partial charge in [-0.15, -0.1) is 0 Å². The fourth-order valence-corrected chi connectivity index (χ4v) is 4.43. The molecule has 0 aromatic heterocycles. The van der Waals surface area contributed by atoms with Gasteiger partial charge >= 0.3 is 0 Å². The number of rotatable bonds is 1. The molecule has 2 amide bonds. The first-order chi connectivity index (χ1) is 10.5. The largest absolute Gasteiger partial charge is 0.322 e. The Labute approximate surface area is 130 Å². The second kappa shape index (κ2) is 4.32. The summed E-state index contributed by atoms with van der Waals surface area (Å²) in [6, 6.07) is 5.89. The van der Waals surface area contributed by atoms with E-state index < -0.39 is 11.2 Å². The summed E-state index contributed by atoms with van der Waals surface area (Å²) in [7, 11) is 0. The van der Waals surface area contributed by atoms with Gasteiger partial charge in [-0.05, 0) is 32.3 Å². The number of carbonyl (C=O) groups excluding carboxylic acids is 2. The molecule has 1 aromatic rings. The second-order valence-corrected chi connectivity index (χ2v) is 6.63. The summed E-state index contributed by atoms with van der Waals surface area (Å²) < 4.78 is 0. The van der Waals surface area contributed by atoms with E-state index in [0.717, 1.165) is 42.5 Å². The van der Waals surface area contributed by atoms with Crippen molar-refractivity contribution in [2.45, 2.75) is 50.7 Å². The third-order valence-corrected chi connectivity index (χ3v) is 5.48. The first kappa shape index (κ1) is 13.8. The quantitative estimate of drug-likeness (QED) is 0.832. The Hall–Kier alpha value is -1.88. The maximum absolute atomic E-state index is 13.0. The number of likely N-dealkylation sites (N-methyl/N-ethyl adjacent to an activating group) is 1. The molecule has 0 bridgehead atoms. The average molecular weight is 299 g/mol. The van der Waals surface area contributed by atoms with Crippen molar-refractivity contribution in [1.29, 1.82) is 0 Å². The molecule has 22 heavy (non-hydrogen) atoms. The Morgan fingerprint density at radius 3 is 2.64 bits per heavy atom. The molecule has 2 heterocycles. The highest BCUT2D eigenvalue weighted by atomic mass is 16.2. The summed E-state index contributed by atoms with van der Waals surface area (Å²) in [6.45, 7) is 4.45. The van der Waals surface area contributed by atoms with E-state index in [-0.39, 0.29) is 11.8 Å². The summed E-state index contributed by atoms with van der Waals surface area (Å²) in [6.07, 6.45) is 3.71. The monoisotopic (exact) mass is 299 g/mol. The molecule has 2 aliphatic heterocycles.